The molecule has 1 amide bonds. The molecule has 0 spiro atoms. The first-order valence-electron chi connectivity index (χ1n) is 13.0. The molecule has 2 aromatic carbocycles. The third kappa shape index (κ3) is 4.88. The first kappa shape index (κ1) is 24.7. The lowest BCUT2D eigenvalue weighted by atomic mass is 10.1. The van der Waals surface area contributed by atoms with E-state index in [1.807, 2.05) is 24.3 Å². The Hall–Kier alpha value is -3.94. The molecule has 8 heteroatoms. The number of nitrogens with zero attached hydrogens (tertiary/aromatic N) is 4. The van der Waals surface area contributed by atoms with Crippen molar-refractivity contribution in [1.29, 1.82) is 0 Å². The number of hydrogen-bond acceptors (Lipinski definition) is 4. The van der Waals surface area contributed by atoms with E-state index in [1.165, 1.54) is 9.08 Å². The number of benzene rings is 2. The number of carbonyl (C=O) groups is 1. The molecular weight excluding hydrogens is 466 g/mol. The van der Waals surface area contributed by atoms with Crippen LogP contribution in [0.25, 0.3) is 22.8 Å². The van der Waals surface area contributed by atoms with Crippen LogP contribution in [0, 0.1) is 5.92 Å². The Morgan fingerprint density at radius 1 is 1.14 bits per heavy atom. The molecule has 1 aliphatic carbocycles. The molecular formula is C29H33N5O3. The van der Waals surface area contributed by atoms with Gasteiger partial charge in [-0.1, -0.05) is 63.6 Å². The number of aryl methyl sites for hydroxylation is 1. The van der Waals surface area contributed by atoms with Crippen molar-refractivity contribution < 1.29 is 4.79 Å². The number of nitrogens with one attached hydrogen (secondary N) is 1. The van der Waals surface area contributed by atoms with Crippen molar-refractivity contribution in [2.24, 2.45) is 5.92 Å². The molecule has 0 radical (unpaired) electrons. The standard InChI is InChI=1S/C29H33N5O3/c1-4-20-9-11-21(12-10-20)18-33-29(37)34-25-17-22(26(35)30-23-7-5-6-8-23)13-14-24(25)27(36)32(28(34)31-33)16-15-19(2)3/h4,9-14,17,19,23H,1,5-8,15-16,18H2,2-3H3,(H,30,35). The van der Waals surface area contributed by atoms with E-state index in [0.29, 0.717) is 34.7 Å². The highest BCUT2D eigenvalue weighted by molar-refractivity contribution is 5.98. The molecule has 5 rings (SSSR count). The SMILES string of the molecule is C=Cc1ccc(Cn2nc3n(CCC(C)C)c(=O)c4ccc(C(=O)NC5CCCC5)cc4n3c2=O)cc1. The van der Waals surface area contributed by atoms with Gasteiger partial charge in [-0.15, -0.1) is 5.10 Å². The van der Waals surface area contributed by atoms with Crippen LogP contribution in [0.4, 0.5) is 0 Å². The molecule has 1 N–H and O–H groups in total. The molecule has 0 aliphatic heterocycles. The molecule has 37 heavy (non-hydrogen) atoms. The van der Waals surface area contributed by atoms with Gasteiger partial charge in [-0.3, -0.25) is 14.2 Å². The molecule has 2 aromatic heterocycles. The summed E-state index contributed by atoms with van der Waals surface area (Å²) in [5.74, 6) is 0.481. The minimum absolute atomic E-state index is 0.171. The van der Waals surface area contributed by atoms with Gasteiger partial charge in [0.2, 0.25) is 5.78 Å². The second-order valence-electron chi connectivity index (χ2n) is 10.3. The predicted octanol–water partition coefficient (Wildman–Crippen LogP) is 4.22. The largest absolute Gasteiger partial charge is 0.352 e. The van der Waals surface area contributed by atoms with Crippen LogP contribution in [0.2, 0.25) is 0 Å². The van der Waals surface area contributed by atoms with Gasteiger partial charge in [0.1, 0.15) is 0 Å². The second kappa shape index (κ2) is 10.2. The van der Waals surface area contributed by atoms with Crippen molar-refractivity contribution in [2.45, 2.75) is 65.1 Å². The van der Waals surface area contributed by atoms with Crippen LogP contribution >= 0.6 is 0 Å². The molecule has 192 valence electrons. The van der Waals surface area contributed by atoms with Gasteiger partial charge in [-0.25, -0.2) is 13.9 Å². The fourth-order valence-electron chi connectivity index (χ4n) is 5.02. The summed E-state index contributed by atoms with van der Waals surface area (Å²) in [6.45, 7) is 8.68. The van der Waals surface area contributed by atoms with Gasteiger partial charge < -0.3 is 5.32 Å². The summed E-state index contributed by atoms with van der Waals surface area (Å²) in [6.07, 6.45) is 6.72. The number of carbonyl (C=O) groups excluding carboxylic acids is 1. The Kier molecular flexibility index (Phi) is 6.82. The van der Waals surface area contributed by atoms with Gasteiger partial charge in [-0.2, -0.15) is 0 Å². The molecule has 0 unspecified atom stereocenters. The fourth-order valence-corrected chi connectivity index (χ4v) is 5.02. The average Bonchev–Trinajstić information content (AvgIpc) is 3.52. The van der Waals surface area contributed by atoms with Crippen molar-refractivity contribution in [3.8, 4) is 0 Å². The summed E-state index contributed by atoms with van der Waals surface area (Å²) in [5, 5.41) is 8.09. The summed E-state index contributed by atoms with van der Waals surface area (Å²) in [4.78, 5) is 40.2. The van der Waals surface area contributed by atoms with Crippen LogP contribution in [-0.4, -0.2) is 30.7 Å². The molecule has 1 saturated carbocycles. The number of fused-ring (bicyclic) bond motifs is 3. The zero-order valence-corrected chi connectivity index (χ0v) is 21.4. The quantitative estimate of drug-likeness (QED) is 0.393. The van der Waals surface area contributed by atoms with E-state index in [9.17, 15) is 14.4 Å². The maximum atomic E-state index is 13.7. The summed E-state index contributed by atoms with van der Waals surface area (Å²) < 4.78 is 4.44. The minimum Gasteiger partial charge on any atom is -0.349 e. The Balaban J connectivity index is 1.64. The molecule has 2 heterocycles. The van der Waals surface area contributed by atoms with Crippen molar-refractivity contribution in [3.05, 3.63) is 86.6 Å². The summed E-state index contributed by atoms with van der Waals surface area (Å²) in [6, 6.07) is 12.9. The van der Waals surface area contributed by atoms with Crippen LogP contribution in [0.15, 0.2) is 58.6 Å². The third-order valence-corrected chi connectivity index (χ3v) is 7.21. The number of amides is 1. The van der Waals surface area contributed by atoms with Crippen LogP contribution in [0.5, 0.6) is 0 Å². The Morgan fingerprint density at radius 3 is 2.54 bits per heavy atom. The second-order valence-corrected chi connectivity index (χ2v) is 10.3. The van der Waals surface area contributed by atoms with E-state index >= 15 is 0 Å². The lowest BCUT2D eigenvalue weighted by molar-refractivity contribution is 0.0938. The van der Waals surface area contributed by atoms with Gasteiger partial charge in [0.05, 0.1) is 17.4 Å². The zero-order valence-electron chi connectivity index (χ0n) is 21.4. The smallest absolute Gasteiger partial charge is 0.349 e. The molecule has 0 saturated heterocycles. The third-order valence-electron chi connectivity index (χ3n) is 7.21. The van der Waals surface area contributed by atoms with Crippen LogP contribution in [0.1, 0.15) is 67.4 Å². The number of hydrogen-bond donors (Lipinski definition) is 1. The van der Waals surface area contributed by atoms with Crippen LogP contribution in [0.3, 0.4) is 0 Å². The first-order chi connectivity index (χ1) is 17.9. The summed E-state index contributed by atoms with van der Waals surface area (Å²) >= 11 is 0. The maximum Gasteiger partial charge on any atom is 0.352 e. The lowest BCUT2D eigenvalue weighted by Crippen LogP contribution is -2.33. The molecule has 8 nitrogen and oxygen atoms in total. The van der Waals surface area contributed by atoms with E-state index in [1.54, 1.807) is 28.8 Å². The highest BCUT2D eigenvalue weighted by Crippen LogP contribution is 2.20. The van der Waals surface area contributed by atoms with E-state index in [2.05, 4.69) is 30.8 Å². The molecule has 0 bridgehead atoms. The minimum atomic E-state index is -0.348. The zero-order chi connectivity index (χ0) is 26.1. The maximum absolute atomic E-state index is 13.7. The van der Waals surface area contributed by atoms with Crippen molar-refractivity contribution in [2.75, 3.05) is 0 Å². The van der Waals surface area contributed by atoms with Gasteiger partial charge in [0.25, 0.3) is 11.5 Å². The predicted molar refractivity (Wildman–Crippen MR) is 146 cm³/mol. The lowest BCUT2D eigenvalue weighted by Gasteiger charge is -2.14. The molecule has 4 aromatic rings. The number of rotatable bonds is 8. The van der Waals surface area contributed by atoms with E-state index in [4.69, 9.17) is 0 Å². The van der Waals surface area contributed by atoms with Crippen LogP contribution in [-0.2, 0) is 13.1 Å². The normalized spacial score (nSPS) is 14.1. The number of aromatic nitrogens is 4. The fraction of sp³-hybridized carbons (Fsp3) is 0.379. The van der Waals surface area contributed by atoms with E-state index in [0.717, 1.165) is 43.2 Å². The van der Waals surface area contributed by atoms with E-state index in [-0.39, 0.29) is 29.7 Å². The van der Waals surface area contributed by atoms with Gasteiger partial charge in [0.15, 0.2) is 0 Å². The highest BCUT2D eigenvalue weighted by Gasteiger charge is 2.21. The molecule has 1 aliphatic rings. The molecule has 1 fully saturated rings. The summed E-state index contributed by atoms with van der Waals surface area (Å²) in [5.41, 5.74) is 2.17. The monoisotopic (exact) mass is 499 g/mol. The highest BCUT2D eigenvalue weighted by atomic mass is 16.2. The van der Waals surface area contributed by atoms with Crippen molar-refractivity contribution in [3.63, 3.8) is 0 Å². The Labute approximate surface area is 215 Å². The Morgan fingerprint density at radius 2 is 1.86 bits per heavy atom. The van der Waals surface area contributed by atoms with Gasteiger partial charge in [-0.05, 0) is 54.5 Å². The topological polar surface area (TPSA) is 90.4 Å². The van der Waals surface area contributed by atoms with Crippen molar-refractivity contribution >= 4 is 28.7 Å². The van der Waals surface area contributed by atoms with Gasteiger partial charge in [0, 0.05) is 18.2 Å². The van der Waals surface area contributed by atoms with Gasteiger partial charge >= 0.3 is 5.69 Å². The average molecular weight is 500 g/mol. The van der Waals surface area contributed by atoms with E-state index < -0.39 is 0 Å². The molecule has 0 atom stereocenters. The van der Waals surface area contributed by atoms with Crippen LogP contribution < -0.4 is 16.6 Å². The summed E-state index contributed by atoms with van der Waals surface area (Å²) in [7, 11) is 0. The first-order valence-corrected chi connectivity index (χ1v) is 13.0. The Bertz CT molecular complexity index is 1580. The van der Waals surface area contributed by atoms with Crippen molar-refractivity contribution in [1.82, 2.24) is 24.1 Å².